The van der Waals surface area contributed by atoms with Crippen LogP contribution in [0.2, 0.25) is 0 Å². The number of hydrogen-bond acceptors (Lipinski definition) is 3. The smallest absolute Gasteiger partial charge is 0.150 e. The lowest BCUT2D eigenvalue weighted by molar-refractivity contribution is 0.431. The van der Waals surface area contributed by atoms with E-state index >= 15 is 0 Å². The normalized spacial score (nSPS) is 23.6. The number of rotatable bonds is 3. The van der Waals surface area contributed by atoms with Crippen LogP contribution >= 0.6 is 0 Å². The molecule has 0 saturated carbocycles. The summed E-state index contributed by atoms with van der Waals surface area (Å²) in [6.07, 6.45) is 1.57. The predicted molar refractivity (Wildman–Crippen MR) is 54.5 cm³/mol. The Labute approximate surface area is 80.8 Å². The highest BCUT2D eigenvalue weighted by atomic mass is 32.2. The maximum absolute atomic E-state index is 11.1. The van der Waals surface area contributed by atoms with Crippen LogP contribution in [-0.4, -0.2) is 32.5 Å². The van der Waals surface area contributed by atoms with Crippen molar-refractivity contribution in [3.63, 3.8) is 0 Å². The maximum Gasteiger partial charge on any atom is 0.150 e. The lowest BCUT2D eigenvalue weighted by atomic mass is 10.1. The molecule has 0 atom stereocenters. The van der Waals surface area contributed by atoms with Crippen LogP contribution in [0.1, 0.15) is 26.7 Å². The fourth-order valence-corrected chi connectivity index (χ4v) is 2.99. The molecule has 1 fully saturated rings. The van der Waals surface area contributed by atoms with Gasteiger partial charge in [0.2, 0.25) is 0 Å². The summed E-state index contributed by atoms with van der Waals surface area (Å²) >= 11 is 0. The Kier molecular flexibility index (Phi) is 3.74. The van der Waals surface area contributed by atoms with Gasteiger partial charge >= 0.3 is 0 Å². The van der Waals surface area contributed by atoms with Gasteiger partial charge in [-0.3, -0.25) is 0 Å². The Morgan fingerprint density at radius 2 is 1.85 bits per heavy atom. The SMILES string of the molecule is CC(C)CNC1CCS(=O)(=O)CC1. The molecule has 3 nitrogen and oxygen atoms in total. The van der Waals surface area contributed by atoms with E-state index < -0.39 is 9.84 Å². The topological polar surface area (TPSA) is 46.2 Å². The van der Waals surface area contributed by atoms with Crippen LogP contribution in [0.4, 0.5) is 0 Å². The van der Waals surface area contributed by atoms with E-state index in [4.69, 9.17) is 0 Å². The lowest BCUT2D eigenvalue weighted by Gasteiger charge is -2.23. The average Bonchev–Trinajstić information content (AvgIpc) is 2.02. The third-order valence-electron chi connectivity index (χ3n) is 2.37. The van der Waals surface area contributed by atoms with Crippen LogP contribution in [0.25, 0.3) is 0 Å². The van der Waals surface area contributed by atoms with Crippen molar-refractivity contribution >= 4 is 9.84 Å². The highest BCUT2D eigenvalue weighted by Gasteiger charge is 2.22. The van der Waals surface area contributed by atoms with Crippen LogP contribution in [0.3, 0.4) is 0 Å². The zero-order valence-corrected chi connectivity index (χ0v) is 9.23. The summed E-state index contributed by atoms with van der Waals surface area (Å²) in [6.45, 7) is 5.31. The molecule has 1 aliphatic rings. The Balaban J connectivity index is 2.26. The molecule has 4 heteroatoms. The molecule has 1 aliphatic heterocycles. The van der Waals surface area contributed by atoms with Crippen molar-refractivity contribution in [1.82, 2.24) is 5.32 Å². The fourth-order valence-electron chi connectivity index (χ4n) is 1.50. The molecular formula is C9H19NO2S. The lowest BCUT2D eigenvalue weighted by Crippen LogP contribution is -2.39. The molecule has 1 rings (SSSR count). The van der Waals surface area contributed by atoms with Gasteiger partial charge in [0.25, 0.3) is 0 Å². The van der Waals surface area contributed by atoms with E-state index in [0.29, 0.717) is 23.5 Å². The van der Waals surface area contributed by atoms with Gasteiger partial charge in [0.15, 0.2) is 0 Å². The molecule has 0 aromatic carbocycles. The highest BCUT2D eigenvalue weighted by molar-refractivity contribution is 7.91. The number of hydrogen-bond donors (Lipinski definition) is 1. The van der Waals surface area contributed by atoms with Crippen molar-refractivity contribution in [3.8, 4) is 0 Å². The van der Waals surface area contributed by atoms with E-state index in [-0.39, 0.29) is 0 Å². The summed E-state index contributed by atoms with van der Waals surface area (Å²) in [4.78, 5) is 0. The summed E-state index contributed by atoms with van der Waals surface area (Å²) in [7, 11) is -2.69. The highest BCUT2D eigenvalue weighted by Crippen LogP contribution is 2.12. The van der Waals surface area contributed by atoms with E-state index in [1.165, 1.54) is 0 Å². The predicted octanol–water partition coefficient (Wildman–Crippen LogP) is 0.809. The molecule has 0 unspecified atom stereocenters. The minimum atomic E-state index is -2.69. The summed E-state index contributed by atoms with van der Waals surface area (Å²) in [5.41, 5.74) is 0. The third kappa shape index (κ3) is 4.09. The molecule has 0 aromatic heterocycles. The zero-order valence-electron chi connectivity index (χ0n) is 8.41. The van der Waals surface area contributed by atoms with Crippen molar-refractivity contribution in [2.75, 3.05) is 18.1 Å². The van der Waals surface area contributed by atoms with Gasteiger partial charge in [0.1, 0.15) is 9.84 Å². The average molecular weight is 205 g/mol. The zero-order chi connectivity index (χ0) is 9.90. The molecule has 0 radical (unpaired) electrons. The summed E-state index contributed by atoms with van der Waals surface area (Å²) in [5.74, 6) is 1.37. The first kappa shape index (κ1) is 11.0. The van der Waals surface area contributed by atoms with Gasteiger partial charge in [-0.15, -0.1) is 0 Å². The first-order valence-electron chi connectivity index (χ1n) is 4.93. The summed E-state index contributed by atoms with van der Waals surface area (Å²) in [5, 5.41) is 3.39. The van der Waals surface area contributed by atoms with Gasteiger partial charge < -0.3 is 5.32 Å². The quantitative estimate of drug-likeness (QED) is 0.741. The van der Waals surface area contributed by atoms with Crippen molar-refractivity contribution in [2.24, 2.45) is 5.92 Å². The van der Waals surface area contributed by atoms with E-state index in [1.807, 2.05) is 0 Å². The van der Waals surface area contributed by atoms with Crippen LogP contribution < -0.4 is 5.32 Å². The van der Waals surface area contributed by atoms with Crippen LogP contribution in [0.15, 0.2) is 0 Å². The molecule has 1 saturated heterocycles. The van der Waals surface area contributed by atoms with E-state index in [0.717, 1.165) is 19.4 Å². The number of sulfone groups is 1. The molecule has 0 bridgehead atoms. The van der Waals surface area contributed by atoms with Gasteiger partial charge in [0, 0.05) is 6.04 Å². The second-order valence-electron chi connectivity index (χ2n) is 4.23. The molecule has 13 heavy (non-hydrogen) atoms. The van der Waals surface area contributed by atoms with Gasteiger partial charge in [-0.1, -0.05) is 13.8 Å². The molecule has 78 valence electrons. The minimum Gasteiger partial charge on any atom is -0.314 e. The van der Waals surface area contributed by atoms with Crippen LogP contribution in [-0.2, 0) is 9.84 Å². The Morgan fingerprint density at radius 1 is 1.31 bits per heavy atom. The second kappa shape index (κ2) is 4.42. The first-order valence-corrected chi connectivity index (χ1v) is 6.75. The largest absolute Gasteiger partial charge is 0.314 e. The van der Waals surface area contributed by atoms with E-state index in [2.05, 4.69) is 19.2 Å². The molecule has 0 aromatic rings. The maximum atomic E-state index is 11.1. The van der Waals surface area contributed by atoms with Crippen LogP contribution in [0.5, 0.6) is 0 Å². The van der Waals surface area contributed by atoms with Gasteiger partial charge in [0.05, 0.1) is 11.5 Å². The third-order valence-corrected chi connectivity index (χ3v) is 4.08. The van der Waals surface area contributed by atoms with Crippen molar-refractivity contribution in [2.45, 2.75) is 32.7 Å². The fraction of sp³-hybridized carbons (Fsp3) is 1.00. The van der Waals surface area contributed by atoms with Crippen molar-refractivity contribution in [3.05, 3.63) is 0 Å². The molecule has 1 heterocycles. The van der Waals surface area contributed by atoms with Gasteiger partial charge in [-0.05, 0) is 25.3 Å². The molecule has 0 spiro atoms. The van der Waals surface area contributed by atoms with Crippen LogP contribution in [0, 0.1) is 5.92 Å². The monoisotopic (exact) mass is 205 g/mol. The first-order chi connectivity index (χ1) is 5.99. The second-order valence-corrected chi connectivity index (χ2v) is 6.53. The van der Waals surface area contributed by atoms with E-state index in [9.17, 15) is 8.42 Å². The minimum absolute atomic E-state index is 0.364. The number of nitrogens with one attached hydrogen (secondary N) is 1. The standard InChI is InChI=1S/C9H19NO2S/c1-8(2)7-10-9-3-5-13(11,12)6-4-9/h8-10H,3-7H2,1-2H3. The molecular weight excluding hydrogens is 186 g/mol. The van der Waals surface area contributed by atoms with Crippen molar-refractivity contribution in [1.29, 1.82) is 0 Å². The van der Waals surface area contributed by atoms with Gasteiger partial charge in [-0.2, -0.15) is 0 Å². The molecule has 0 amide bonds. The Bertz CT molecular complexity index is 232. The van der Waals surface area contributed by atoms with Gasteiger partial charge in [-0.25, -0.2) is 8.42 Å². The summed E-state index contributed by atoms with van der Waals surface area (Å²) < 4.78 is 22.2. The van der Waals surface area contributed by atoms with Crippen molar-refractivity contribution < 1.29 is 8.42 Å². The Morgan fingerprint density at radius 3 is 2.31 bits per heavy atom. The van der Waals surface area contributed by atoms with E-state index in [1.54, 1.807) is 0 Å². The summed E-state index contributed by atoms with van der Waals surface area (Å²) in [6, 6.07) is 0.422. The Hall–Kier alpha value is -0.0900. The molecule has 1 N–H and O–H groups in total. The molecule has 0 aliphatic carbocycles.